The molecule has 0 spiro atoms. The van der Waals surface area contributed by atoms with Crippen molar-refractivity contribution in [3.05, 3.63) is 205 Å². The summed E-state index contributed by atoms with van der Waals surface area (Å²) < 4.78 is 112. The molecular weight excluding hydrogens is 2100 g/mol. The fourth-order valence-electron chi connectivity index (χ4n) is 14.9. The summed E-state index contributed by atoms with van der Waals surface area (Å²) in [6.07, 6.45) is 17.1. The Bertz CT molecular complexity index is 6340. The van der Waals surface area contributed by atoms with Crippen LogP contribution in [0.1, 0.15) is 222 Å². The number of halogens is 10. The fourth-order valence-corrected chi connectivity index (χ4v) is 16.1. The SMILES string of the molecule is C.C.CC1(C)OB(B2OC(C)(C)C(C)(C)O2)OC1(C)C.CN(CC(C)(C)C#N)c1ccc(B2OC(C)(C)C(C)(C)O2)cc1F.CN(CC(C)(C)C#N)c1ccc(Br)cc1F.CN(CC(C)(C)C(N)=O)c1ccc(Br)cc1F.Cc1cnc(Cl)nc1-c1ccc(N(C)CC(C)(C)C#N)c(F)c1.Cc1cnc(Cl)nc1Cl.Cc1cnc(Nc2cnn(C3CC3)c2)nc1-c1ccc(N(C)CC(C)(C)C#N)c(F)c1.Nc1cnn(C2CC2)c1. The predicted molar refractivity (Wildman–Crippen MR) is 598 cm³/mol. The molecule has 5 N–H and O–H groups in total. The summed E-state index contributed by atoms with van der Waals surface area (Å²) in [4.78, 5) is 44.4. The van der Waals surface area contributed by atoms with Crippen LogP contribution in [0.15, 0.2) is 143 Å². The number of benzene rings is 5. The minimum Gasteiger partial charge on any atom is -0.405 e. The van der Waals surface area contributed by atoms with Gasteiger partial charge in [-0.2, -0.15) is 31.2 Å². The van der Waals surface area contributed by atoms with E-state index in [4.69, 9.17) is 90.0 Å². The number of nitrogen functional groups attached to an aromatic ring is 1. The van der Waals surface area contributed by atoms with E-state index in [-0.39, 0.29) is 76.9 Å². The monoisotopic (exact) mass is 2240 g/mol. The highest BCUT2D eigenvalue weighted by atomic mass is 79.9. The third-order valence-corrected chi connectivity index (χ3v) is 27.5. The van der Waals surface area contributed by atoms with Crippen molar-refractivity contribution in [2.75, 3.05) is 104 Å². The number of carbonyl (C=O) groups excluding carboxylic acids is 1. The molecule has 15 rings (SSSR count). The molecule has 5 aromatic heterocycles. The lowest BCUT2D eigenvalue weighted by atomic mass is 9.49. The number of hydrogen-bond donors (Lipinski definition) is 3. The Labute approximate surface area is 911 Å². The van der Waals surface area contributed by atoms with Gasteiger partial charge in [-0.05, 0) is 311 Å². The summed E-state index contributed by atoms with van der Waals surface area (Å²) in [5, 5.41) is 48.8. The van der Waals surface area contributed by atoms with E-state index in [1.807, 2.05) is 193 Å². The van der Waals surface area contributed by atoms with E-state index in [0.717, 1.165) is 40.9 Å². The first-order valence-electron chi connectivity index (χ1n) is 47.9. The second-order valence-corrected chi connectivity index (χ2v) is 46.5. The molecule has 5 fully saturated rings. The number of primary amides is 1. The largest absolute Gasteiger partial charge is 0.494 e. The normalized spacial score (nSPS) is 15.7. The molecule has 8 heterocycles. The molecule has 0 radical (unpaired) electrons. The van der Waals surface area contributed by atoms with Gasteiger partial charge in [-0.1, -0.05) is 76.5 Å². The number of amides is 1. The summed E-state index contributed by atoms with van der Waals surface area (Å²) in [7, 11) is 7.32. The van der Waals surface area contributed by atoms with Crippen LogP contribution >= 0.6 is 66.7 Å². The Hall–Kier alpha value is -10.8. The summed E-state index contributed by atoms with van der Waals surface area (Å²) in [5.74, 6) is -1.65. The lowest BCUT2D eigenvalue weighted by Crippen LogP contribution is -2.41. The topological polar surface area (TPSA) is 361 Å². The van der Waals surface area contributed by atoms with Gasteiger partial charge in [0.05, 0.1) is 161 Å². The van der Waals surface area contributed by atoms with Crippen LogP contribution in [0, 0.1) is 122 Å². The molecule has 2 aliphatic carbocycles. The van der Waals surface area contributed by atoms with Crippen LogP contribution in [0.2, 0.25) is 15.7 Å². The molecule has 42 heteroatoms. The van der Waals surface area contributed by atoms with Gasteiger partial charge in [0.1, 0.15) is 34.2 Å². The number of nitriles is 4. The van der Waals surface area contributed by atoms with Gasteiger partial charge in [-0.3, -0.25) is 14.2 Å². The maximum atomic E-state index is 14.9. The highest BCUT2D eigenvalue weighted by molar-refractivity contribution is 9.10. The first kappa shape index (κ1) is 127. The molecule has 804 valence electrons. The zero-order chi connectivity index (χ0) is 110. The third-order valence-electron chi connectivity index (χ3n) is 25.7. The van der Waals surface area contributed by atoms with Crippen LogP contribution in [0.5, 0.6) is 0 Å². The van der Waals surface area contributed by atoms with Crippen molar-refractivity contribution < 1.29 is 54.7 Å². The highest BCUT2D eigenvalue weighted by Crippen LogP contribution is 2.45. The Kier molecular flexibility index (Phi) is 43.9. The van der Waals surface area contributed by atoms with Crippen LogP contribution in [0.4, 0.5) is 67.7 Å². The molecular formula is C107H145B3Br2Cl3F5N22O7. The molecule has 0 atom stereocenters. The van der Waals surface area contributed by atoms with Gasteiger partial charge in [0.2, 0.25) is 22.4 Å². The molecule has 2 saturated carbocycles. The number of hydrogen-bond acceptors (Lipinski definition) is 26. The number of nitrogens with one attached hydrogen (secondary N) is 1. The molecule has 29 nitrogen and oxygen atoms in total. The minimum atomic E-state index is -0.700. The van der Waals surface area contributed by atoms with Crippen molar-refractivity contribution in [3.63, 3.8) is 0 Å². The van der Waals surface area contributed by atoms with E-state index in [2.05, 4.69) is 102 Å². The minimum absolute atomic E-state index is 0. The van der Waals surface area contributed by atoms with Gasteiger partial charge in [-0.25, -0.2) is 51.9 Å². The molecule has 0 bridgehead atoms. The van der Waals surface area contributed by atoms with Crippen molar-refractivity contribution in [2.24, 2.45) is 32.8 Å². The number of anilines is 8. The van der Waals surface area contributed by atoms with E-state index < -0.39 is 65.3 Å². The maximum absolute atomic E-state index is 14.9. The van der Waals surface area contributed by atoms with Crippen molar-refractivity contribution in [3.8, 4) is 46.8 Å². The number of nitrogens with zero attached hydrogens (tertiary/aromatic N) is 19. The quantitative estimate of drug-likeness (QED) is 0.0219. The van der Waals surface area contributed by atoms with Crippen molar-refractivity contribution in [2.45, 2.75) is 259 Å². The van der Waals surface area contributed by atoms with Crippen molar-refractivity contribution in [1.29, 1.82) is 21.0 Å². The van der Waals surface area contributed by atoms with E-state index in [0.29, 0.717) is 121 Å². The summed E-state index contributed by atoms with van der Waals surface area (Å²) in [6, 6.07) is 34.7. The van der Waals surface area contributed by atoms with Crippen LogP contribution in [-0.2, 0) is 32.7 Å². The van der Waals surface area contributed by atoms with E-state index >= 15 is 0 Å². The Morgan fingerprint density at radius 1 is 0.450 bits per heavy atom. The van der Waals surface area contributed by atoms with Gasteiger partial charge in [0.25, 0.3) is 0 Å². The summed E-state index contributed by atoms with van der Waals surface area (Å²) in [6.45, 7) is 49.9. The molecule has 3 aliphatic heterocycles. The van der Waals surface area contributed by atoms with Crippen LogP contribution in [-0.4, -0.2) is 178 Å². The zero-order valence-corrected chi connectivity index (χ0v) is 95.2. The molecule has 5 aromatic carbocycles. The Morgan fingerprint density at radius 2 is 0.765 bits per heavy atom. The van der Waals surface area contributed by atoms with Crippen LogP contribution in [0.25, 0.3) is 22.5 Å². The molecule has 0 unspecified atom stereocenters. The molecule has 10 aromatic rings. The van der Waals surface area contributed by atoms with Crippen LogP contribution in [0.3, 0.4) is 0 Å². The fraction of sp³-hybridized carbons (Fsp3) is 0.505. The smallest absolute Gasteiger partial charge is 0.405 e. The number of rotatable bonds is 24. The second kappa shape index (κ2) is 51.6. The zero-order valence-electron chi connectivity index (χ0n) is 89.7. The number of nitrogens with two attached hydrogens (primary N) is 2. The Morgan fingerprint density at radius 3 is 1.09 bits per heavy atom. The number of aromatic nitrogens is 10. The number of carbonyl (C=O) groups is 1. The van der Waals surface area contributed by atoms with Gasteiger partial charge < -0.3 is 69.2 Å². The maximum Gasteiger partial charge on any atom is 0.494 e. The highest BCUT2D eigenvalue weighted by Gasteiger charge is 2.64. The first-order valence-corrected chi connectivity index (χ1v) is 50.6. The van der Waals surface area contributed by atoms with E-state index in [9.17, 15) is 32.0 Å². The van der Waals surface area contributed by atoms with Crippen molar-refractivity contribution >= 4 is 145 Å². The van der Waals surface area contributed by atoms with Gasteiger partial charge >= 0.3 is 21.1 Å². The molecule has 149 heavy (non-hydrogen) atoms. The van der Waals surface area contributed by atoms with Gasteiger partial charge in [0, 0.05) is 125 Å². The van der Waals surface area contributed by atoms with Crippen molar-refractivity contribution in [1.82, 2.24) is 49.5 Å². The Balaban J connectivity index is 0.000000266. The summed E-state index contributed by atoms with van der Waals surface area (Å²) >= 11 is 23.2. The molecule has 5 aliphatic rings. The second-order valence-electron chi connectivity index (χ2n) is 43.6. The lowest BCUT2D eigenvalue weighted by molar-refractivity contribution is -0.125. The van der Waals surface area contributed by atoms with Gasteiger partial charge in [0.15, 0.2) is 0 Å². The first-order chi connectivity index (χ1) is 67.9. The standard InChI is InChI=1S/C23H26FN7.C18H26BFN2O2.C17H18ClFN4.C12H24B2O4.C12H16BrFN2O.C12H14BrFN2.C6H9N3.C5H4Cl2N2.2CH4/c1-15-10-26-22(28-17-11-27-31(12-17)18-6-7-18)29-21(15)16-5-8-20(19(24)9-16)30(4)14-23(2,3)13-25;1-16(2,11-21)12-22(7)15-9-8-13(10-14(15)20)19-23-17(3,4)18(5,6)24-19;1-11-8-21-16(18)22-15(11)12-5-6-14(13(19)7-12)23(4)10-17(2,3)9-20;1-9(2)10(3,4)16-13(15-9)14-17-11(5,6)12(7,8)18-14;1-12(2,11(15)17)7-16(3)10-5-4-8(13)6-9(10)14;1-12(2,7-15)8-16(3)11-5-4-9(13)6-10(11)14;7-5-3-8-9(4-5)6-1-2-6;1-3-2-8-5(7)9-4(3)6;;/h5,8-12,18H,6-7,14H2,1-4H3,(H,26,28,29);8-10H,12H2,1-7H3;5-8H,10H2,1-4H3;1-8H3;4-6H,7H2,1-3H3,(H2,15,17);4-6H,8H2,1-3H3;3-4,6H,1-2,7H2;2H,1H3;2*1H4. The van der Waals surface area contributed by atoms with E-state index in [1.54, 1.807) is 153 Å². The molecule has 3 saturated heterocycles. The lowest BCUT2D eigenvalue weighted by Gasteiger charge is -2.32. The molecule has 1 amide bonds. The number of aryl methyl sites for hydroxylation is 3. The van der Waals surface area contributed by atoms with Gasteiger partial charge in [-0.15, -0.1) is 0 Å². The predicted octanol–water partition coefficient (Wildman–Crippen LogP) is 24.7. The summed E-state index contributed by atoms with van der Waals surface area (Å²) in [5.41, 5.74) is 15.2. The average Bonchev–Trinajstić information content (AvgIpc) is 1.58. The average molecular weight is 2250 g/mol. The third kappa shape index (κ3) is 35.7. The van der Waals surface area contributed by atoms with Crippen LogP contribution < -0.4 is 46.7 Å². The van der Waals surface area contributed by atoms with E-state index in [1.165, 1.54) is 43.2 Å².